The second-order valence-electron chi connectivity index (χ2n) is 5.20. The third kappa shape index (κ3) is 3.49. The number of nitrogens with zero attached hydrogens (tertiary/aromatic N) is 1. The smallest absolute Gasteiger partial charge is 0.292 e. The van der Waals surface area contributed by atoms with Gasteiger partial charge >= 0.3 is 0 Å². The second-order valence-corrected chi connectivity index (χ2v) is 5.20. The van der Waals surface area contributed by atoms with Gasteiger partial charge in [0.25, 0.3) is 11.6 Å². The monoisotopic (exact) mass is 292 g/mol. The van der Waals surface area contributed by atoms with Crippen LogP contribution in [0.4, 0.5) is 11.4 Å². The number of benzene rings is 1. The quantitative estimate of drug-likeness (QED) is 0.577. The molecule has 0 saturated carbocycles. The first-order valence-corrected chi connectivity index (χ1v) is 7.03. The lowest BCUT2D eigenvalue weighted by Crippen LogP contribution is -2.46. The Balaban J connectivity index is 2.29. The lowest BCUT2D eigenvalue weighted by atomic mass is 9.99. The molecule has 1 fully saturated rings. The Morgan fingerprint density at radius 1 is 1.48 bits per heavy atom. The largest absolute Gasteiger partial charge is 0.375 e. The first-order valence-electron chi connectivity index (χ1n) is 7.03. The van der Waals surface area contributed by atoms with Gasteiger partial charge in [-0.1, -0.05) is 0 Å². The highest BCUT2D eigenvalue weighted by Gasteiger charge is 2.24. The number of nitro benzene ring substituents is 1. The van der Waals surface area contributed by atoms with E-state index in [4.69, 9.17) is 0 Å². The highest BCUT2D eigenvalue weighted by Crippen LogP contribution is 2.28. The maximum atomic E-state index is 11.7. The molecule has 1 aliphatic rings. The van der Waals surface area contributed by atoms with Gasteiger partial charge in [0, 0.05) is 30.8 Å². The van der Waals surface area contributed by atoms with E-state index >= 15 is 0 Å². The number of rotatable bonds is 4. The first-order chi connectivity index (χ1) is 10.0. The second kappa shape index (κ2) is 6.53. The molecular weight excluding hydrogens is 272 g/mol. The molecule has 114 valence electrons. The Bertz CT molecular complexity index is 547. The molecule has 0 aromatic heterocycles. The van der Waals surface area contributed by atoms with Crippen LogP contribution in [0.25, 0.3) is 0 Å². The summed E-state index contributed by atoms with van der Waals surface area (Å²) < 4.78 is 0. The third-order valence-corrected chi connectivity index (χ3v) is 3.79. The molecule has 21 heavy (non-hydrogen) atoms. The Hall–Kier alpha value is -2.15. The Morgan fingerprint density at radius 2 is 2.24 bits per heavy atom. The average molecular weight is 292 g/mol. The van der Waals surface area contributed by atoms with E-state index in [2.05, 4.69) is 16.0 Å². The van der Waals surface area contributed by atoms with Gasteiger partial charge in [0.15, 0.2) is 0 Å². The van der Waals surface area contributed by atoms with Crippen LogP contribution in [0, 0.1) is 10.1 Å². The van der Waals surface area contributed by atoms with E-state index in [1.54, 1.807) is 0 Å². The van der Waals surface area contributed by atoms with Crippen molar-refractivity contribution in [2.75, 3.05) is 18.9 Å². The van der Waals surface area contributed by atoms with Crippen LogP contribution < -0.4 is 16.0 Å². The minimum absolute atomic E-state index is 0.0135. The highest BCUT2D eigenvalue weighted by atomic mass is 16.6. The van der Waals surface area contributed by atoms with Crippen LogP contribution in [-0.4, -0.2) is 36.5 Å². The summed E-state index contributed by atoms with van der Waals surface area (Å²) in [4.78, 5) is 22.4. The minimum Gasteiger partial charge on any atom is -0.375 e. The van der Waals surface area contributed by atoms with Crippen molar-refractivity contribution >= 4 is 17.3 Å². The minimum atomic E-state index is -0.434. The van der Waals surface area contributed by atoms with Crippen molar-refractivity contribution in [1.82, 2.24) is 10.6 Å². The van der Waals surface area contributed by atoms with Gasteiger partial charge in [-0.25, -0.2) is 0 Å². The maximum absolute atomic E-state index is 11.7. The summed E-state index contributed by atoms with van der Waals surface area (Å²) in [5.74, 6) is -0.261. The topological polar surface area (TPSA) is 96.3 Å². The molecule has 7 nitrogen and oxygen atoms in total. The fraction of sp³-hybridized carbons (Fsp3) is 0.500. The predicted molar refractivity (Wildman–Crippen MR) is 80.6 cm³/mol. The molecule has 0 spiro atoms. The summed E-state index contributed by atoms with van der Waals surface area (Å²) in [7, 11) is 1.53. The fourth-order valence-corrected chi connectivity index (χ4v) is 2.54. The number of carbonyl (C=O) groups is 1. The summed E-state index contributed by atoms with van der Waals surface area (Å²) in [6, 6.07) is 4.70. The number of nitrogens with one attached hydrogen (secondary N) is 3. The molecular formula is C14H20N4O3. The Kier molecular flexibility index (Phi) is 4.74. The first kappa shape index (κ1) is 15.2. The van der Waals surface area contributed by atoms with Crippen molar-refractivity contribution in [3.63, 3.8) is 0 Å². The predicted octanol–water partition coefficient (Wildman–Crippen LogP) is 1.51. The van der Waals surface area contributed by atoms with Crippen LogP contribution >= 0.6 is 0 Å². The van der Waals surface area contributed by atoms with Crippen molar-refractivity contribution < 1.29 is 9.72 Å². The number of piperidine rings is 1. The van der Waals surface area contributed by atoms with E-state index in [0.29, 0.717) is 11.3 Å². The normalized spacial score (nSPS) is 21.6. The molecule has 2 rings (SSSR count). The van der Waals surface area contributed by atoms with Crippen molar-refractivity contribution in [3.05, 3.63) is 33.9 Å². The molecule has 1 heterocycles. The van der Waals surface area contributed by atoms with E-state index in [0.717, 1.165) is 19.4 Å². The molecule has 0 bridgehead atoms. The van der Waals surface area contributed by atoms with E-state index in [9.17, 15) is 14.9 Å². The van der Waals surface area contributed by atoms with Crippen LogP contribution in [0.1, 0.15) is 30.1 Å². The lowest BCUT2D eigenvalue weighted by Gasteiger charge is -2.31. The average Bonchev–Trinajstić information content (AvgIpc) is 2.48. The Morgan fingerprint density at radius 3 is 2.86 bits per heavy atom. The summed E-state index contributed by atoms with van der Waals surface area (Å²) >= 11 is 0. The summed E-state index contributed by atoms with van der Waals surface area (Å²) in [6.07, 6.45) is 1.96. The summed E-state index contributed by atoms with van der Waals surface area (Å²) in [6.45, 7) is 3.00. The standard InChI is InChI=1S/C14H20N4O3/c1-9-11(4-3-7-16-9)17-12-8-10(14(19)15-2)5-6-13(12)18(20)21/h5-6,8-9,11,16-17H,3-4,7H2,1-2H3,(H,15,19). The van der Waals surface area contributed by atoms with Crippen molar-refractivity contribution in [2.45, 2.75) is 31.8 Å². The van der Waals surface area contributed by atoms with E-state index in [1.807, 2.05) is 6.92 Å². The molecule has 1 amide bonds. The molecule has 1 aromatic carbocycles. The van der Waals surface area contributed by atoms with E-state index in [-0.39, 0.29) is 23.7 Å². The molecule has 1 saturated heterocycles. The molecule has 2 atom stereocenters. The van der Waals surface area contributed by atoms with Crippen LogP contribution in [0.15, 0.2) is 18.2 Å². The zero-order chi connectivity index (χ0) is 15.4. The third-order valence-electron chi connectivity index (χ3n) is 3.79. The van der Waals surface area contributed by atoms with E-state index < -0.39 is 4.92 Å². The molecule has 1 aromatic rings. The number of hydrogen-bond donors (Lipinski definition) is 3. The van der Waals surface area contributed by atoms with Crippen molar-refractivity contribution in [2.24, 2.45) is 0 Å². The molecule has 2 unspecified atom stereocenters. The number of nitro groups is 1. The fourth-order valence-electron chi connectivity index (χ4n) is 2.54. The molecule has 7 heteroatoms. The molecule has 3 N–H and O–H groups in total. The number of amides is 1. The molecule has 0 radical (unpaired) electrons. The number of hydrogen-bond acceptors (Lipinski definition) is 5. The summed E-state index contributed by atoms with van der Waals surface area (Å²) in [5.41, 5.74) is 0.782. The van der Waals surface area contributed by atoms with Crippen molar-refractivity contribution in [3.8, 4) is 0 Å². The number of anilines is 1. The van der Waals surface area contributed by atoms with Gasteiger partial charge < -0.3 is 16.0 Å². The van der Waals surface area contributed by atoms with Gasteiger partial charge in [-0.3, -0.25) is 14.9 Å². The van der Waals surface area contributed by atoms with Crippen LogP contribution in [0.2, 0.25) is 0 Å². The van der Waals surface area contributed by atoms with Crippen molar-refractivity contribution in [1.29, 1.82) is 0 Å². The van der Waals surface area contributed by atoms with Gasteiger partial charge in [0.05, 0.1) is 4.92 Å². The summed E-state index contributed by atoms with van der Waals surface area (Å²) in [5, 5.41) is 20.2. The van der Waals surface area contributed by atoms with Crippen LogP contribution in [-0.2, 0) is 0 Å². The van der Waals surface area contributed by atoms with Gasteiger partial charge in [-0.05, 0) is 38.4 Å². The maximum Gasteiger partial charge on any atom is 0.292 e. The van der Waals surface area contributed by atoms with E-state index in [1.165, 1.54) is 25.2 Å². The molecule has 0 aliphatic carbocycles. The number of carbonyl (C=O) groups excluding carboxylic acids is 1. The zero-order valence-corrected chi connectivity index (χ0v) is 12.2. The van der Waals surface area contributed by atoms with Gasteiger partial charge in [0.1, 0.15) is 5.69 Å². The molecule has 1 aliphatic heterocycles. The SMILES string of the molecule is CNC(=O)c1ccc([N+](=O)[O-])c(NC2CCCNC2C)c1. The lowest BCUT2D eigenvalue weighted by molar-refractivity contribution is -0.384. The van der Waals surface area contributed by atoms with Gasteiger partial charge in [0.2, 0.25) is 0 Å². The van der Waals surface area contributed by atoms with Gasteiger partial charge in [-0.2, -0.15) is 0 Å². The van der Waals surface area contributed by atoms with Gasteiger partial charge in [-0.15, -0.1) is 0 Å². The Labute approximate surface area is 123 Å². The van der Waals surface area contributed by atoms with Crippen LogP contribution in [0.5, 0.6) is 0 Å². The van der Waals surface area contributed by atoms with Crippen LogP contribution in [0.3, 0.4) is 0 Å². The highest BCUT2D eigenvalue weighted by molar-refractivity contribution is 5.95. The zero-order valence-electron chi connectivity index (χ0n) is 12.2.